The molecule has 0 spiro atoms. The van der Waals surface area contributed by atoms with Crippen molar-refractivity contribution in [2.45, 2.75) is 31.8 Å². The standard InChI is InChI=1S/C17H21N5O2/c23-16-15(3-1-2-9-18-16)21-17(24)19-11-12-4-6-13(7-5-12)14-8-10-20-22-14/h4-8,10,15H,1-3,9,11H2,(H,18,23)(H,20,22)(H2,19,21,24)/t15-/m0/s1. The Balaban J connectivity index is 1.50. The van der Waals surface area contributed by atoms with Gasteiger partial charge < -0.3 is 16.0 Å². The van der Waals surface area contributed by atoms with Gasteiger partial charge in [0, 0.05) is 19.3 Å². The molecule has 4 N–H and O–H groups in total. The topological polar surface area (TPSA) is 98.9 Å². The highest BCUT2D eigenvalue weighted by molar-refractivity contribution is 5.87. The van der Waals surface area contributed by atoms with Gasteiger partial charge in [-0.15, -0.1) is 0 Å². The fourth-order valence-electron chi connectivity index (χ4n) is 2.69. The van der Waals surface area contributed by atoms with Gasteiger partial charge in [-0.3, -0.25) is 9.89 Å². The minimum absolute atomic E-state index is 0.105. The number of carbonyl (C=O) groups excluding carboxylic acids is 2. The summed E-state index contributed by atoms with van der Waals surface area (Å²) in [5.74, 6) is -0.105. The van der Waals surface area contributed by atoms with Crippen LogP contribution in [-0.4, -0.2) is 34.7 Å². The van der Waals surface area contributed by atoms with E-state index in [0.717, 1.165) is 29.7 Å². The summed E-state index contributed by atoms with van der Waals surface area (Å²) in [5.41, 5.74) is 2.97. The van der Waals surface area contributed by atoms with Crippen LogP contribution >= 0.6 is 0 Å². The summed E-state index contributed by atoms with van der Waals surface area (Å²) in [6.45, 7) is 1.09. The van der Waals surface area contributed by atoms with Gasteiger partial charge in [0.15, 0.2) is 0 Å². The minimum atomic E-state index is -0.449. The fourth-order valence-corrected chi connectivity index (χ4v) is 2.69. The SMILES string of the molecule is O=C(NCc1ccc(-c2ccn[nH]2)cc1)N[C@H]1CCCCNC1=O. The lowest BCUT2D eigenvalue weighted by atomic mass is 10.1. The van der Waals surface area contributed by atoms with E-state index in [0.29, 0.717) is 19.5 Å². The Morgan fingerprint density at radius 3 is 2.79 bits per heavy atom. The van der Waals surface area contributed by atoms with Gasteiger partial charge in [0.05, 0.1) is 5.69 Å². The zero-order valence-corrected chi connectivity index (χ0v) is 13.3. The molecule has 1 atom stereocenters. The van der Waals surface area contributed by atoms with Crippen LogP contribution in [0, 0.1) is 0 Å². The number of aromatic nitrogens is 2. The lowest BCUT2D eigenvalue weighted by Crippen LogP contribution is -2.48. The van der Waals surface area contributed by atoms with E-state index in [2.05, 4.69) is 26.1 Å². The molecule has 0 bridgehead atoms. The first-order chi connectivity index (χ1) is 11.7. The molecule has 0 aliphatic carbocycles. The molecule has 3 rings (SSSR count). The summed E-state index contributed by atoms with van der Waals surface area (Å²) in [6, 6.07) is 8.98. The van der Waals surface area contributed by atoms with Crippen molar-refractivity contribution in [1.82, 2.24) is 26.1 Å². The third kappa shape index (κ3) is 4.13. The van der Waals surface area contributed by atoms with Crippen LogP contribution in [0.5, 0.6) is 0 Å². The highest BCUT2D eigenvalue weighted by Gasteiger charge is 2.21. The van der Waals surface area contributed by atoms with Gasteiger partial charge in [0.25, 0.3) is 0 Å². The Morgan fingerprint density at radius 1 is 1.21 bits per heavy atom. The number of nitrogens with zero attached hydrogens (tertiary/aromatic N) is 1. The predicted octanol–water partition coefficient (Wildman–Crippen LogP) is 1.54. The highest BCUT2D eigenvalue weighted by Crippen LogP contribution is 2.16. The van der Waals surface area contributed by atoms with Crippen LogP contribution in [0.2, 0.25) is 0 Å². The average molecular weight is 327 g/mol. The number of hydrogen-bond acceptors (Lipinski definition) is 3. The fraction of sp³-hybridized carbons (Fsp3) is 0.353. The quantitative estimate of drug-likeness (QED) is 0.685. The smallest absolute Gasteiger partial charge is 0.315 e. The molecular formula is C17H21N5O2. The average Bonchev–Trinajstić information content (AvgIpc) is 3.06. The van der Waals surface area contributed by atoms with E-state index in [1.165, 1.54) is 0 Å². The van der Waals surface area contributed by atoms with E-state index in [9.17, 15) is 9.59 Å². The van der Waals surface area contributed by atoms with Gasteiger partial charge in [-0.1, -0.05) is 24.3 Å². The molecule has 2 heterocycles. The molecule has 0 unspecified atom stereocenters. The summed E-state index contributed by atoms with van der Waals surface area (Å²) >= 11 is 0. The Morgan fingerprint density at radius 2 is 2.04 bits per heavy atom. The predicted molar refractivity (Wildman–Crippen MR) is 90.0 cm³/mol. The first-order valence-corrected chi connectivity index (χ1v) is 8.13. The van der Waals surface area contributed by atoms with Gasteiger partial charge >= 0.3 is 6.03 Å². The summed E-state index contributed by atoms with van der Waals surface area (Å²) in [7, 11) is 0. The second-order valence-corrected chi connectivity index (χ2v) is 5.83. The number of urea groups is 1. The summed E-state index contributed by atoms with van der Waals surface area (Å²) in [4.78, 5) is 23.8. The van der Waals surface area contributed by atoms with Crippen molar-refractivity contribution in [3.05, 3.63) is 42.1 Å². The van der Waals surface area contributed by atoms with Crippen molar-refractivity contribution >= 4 is 11.9 Å². The van der Waals surface area contributed by atoms with Crippen LogP contribution in [0.3, 0.4) is 0 Å². The van der Waals surface area contributed by atoms with E-state index in [4.69, 9.17) is 0 Å². The maximum Gasteiger partial charge on any atom is 0.315 e. The van der Waals surface area contributed by atoms with E-state index >= 15 is 0 Å². The molecule has 1 aliphatic heterocycles. The largest absolute Gasteiger partial charge is 0.354 e. The van der Waals surface area contributed by atoms with Crippen LogP contribution in [0.15, 0.2) is 36.5 Å². The van der Waals surface area contributed by atoms with Gasteiger partial charge in [-0.2, -0.15) is 5.10 Å². The molecular weight excluding hydrogens is 306 g/mol. The molecule has 2 aromatic rings. The number of benzene rings is 1. The van der Waals surface area contributed by atoms with Crippen molar-refractivity contribution in [3.8, 4) is 11.3 Å². The van der Waals surface area contributed by atoms with Crippen molar-refractivity contribution in [3.63, 3.8) is 0 Å². The molecule has 1 aliphatic rings. The van der Waals surface area contributed by atoms with Crippen LogP contribution in [0.4, 0.5) is 4.79 Å². The molecule has 126 valence electrons. The Bertz CT molecular complexity index is 682. The molecule has 0 saturated carbocycles. The molecule has 1 aromatic carbocycles. The Labute approximate surface area is 140 Å². The second-order valence-electron chi connectivity index (χ2n) is 5.83. The van der Waals surface area contributed by atoms with Crippen molar-refractivity contribution < 1.29 is 9.59 Å². The molecule has 1 aromatic heterocycles. The van der Waals surface area contributed by atoms with Crippen molar-refractivity contribution in [2.24, 2.45) is 0 Å². The van der Waals surface area contributed by atoms with Crippen molar-refractivity contribution in [1.29, 1.82) is 0 Å². The molecule has 1 fully saturated rings. The van der Waals surface area contributed by atoms with E-state index in [1.54, 1.807) is 6.20 Å². The van der Waals surface area contributed by atoms with Crippen LogP contribution in [0.1, 0.15) is 24.8 Å². The lowest BCUT2D eigenvalue weighted by molar-refractivity contribution is -0.122. The van der Waals surface area contributed by atoms with Crippen LogP contribution < -0.4 is 16.0 Å². The number of H-pyrrole nitrogens is 1. The third-order valence-electron chi connectivity index (χ3n) is 4.06. The minimum Gasteiger partial charge on any atom is -0.354 e. The van der Waals surface area contributed by atoms with E-state index < -0.39 is 6.04 Å². The molecule has 24 heavy (non-hydrogen) atoms. The summed E-state index contributed by atoms with van der Waals surface area (Å²) in [5, 5.41) is 15.2. The zero-order valence-electron chi connectivity index (χ0n) is 13.3. The van der Waals surface area contributed by atoms with Gasteiger partial charge in [0.1, 0.15) is 6.04 Å². The van der Waals surface area contributed by atoms with E-state index in [1.807, 2.05) is 30.3 Å². The molecule has 0 radical (unpaired) electrons. The van der Waals surface area contributed by atoms with Crippen molar-refractivity contribution in [2.75, 3.05) is 6.54 Å². The third-order valence-corrected chi connectivity index (χ3v) is 4.06. The lowest BCUT2D eigenvalue weighted by Gasteiger charge is -2.15. The number of aromatic amines is 1. The first kappa shape index (κ1) is 16.0. The van der Waals surface area contributed by atoms with Gasteiger partial charge in [-0.25, -0.2) is 4.79 Å². The van der Waals surface area contributed by atoms with Gasteiger partial charge in [-0.05, 0) is 36.5 Å². The molecule has 7 nitrogen and oxygen atoms in total. The number of nitrogens with one attached hydrogen (secondary N) is 4. The first-order valence-electron chi connectivity index (χ1n) is 8.13. The number of amides is 3. The highest BCUT2D eigenvalue weighted by atomic mass is 16.2. The normalized spacial score (nSPS) is 17.7. The number of carbonyl (C=O) groups is 2. The zero-order chi connectivity index (χ0) is 16.8. The molecule has 3 amide bonds. The summed E-state index contributed by atoms with van der Waals surface area (Å²) in [6.07, 6.45) is 4.27. The van der Waals surface area contributed by atoms with E-state index in [-0.39, 0.29) is 11.9 Å². The maximum atomic E-state index is 12.0. The Hall–Kier alpha value is -2.83. The number of hydrogen-bond donors (Lipinski definition) is 4. The monoisotopic (exact) mass is 327 g/mol. The molecule has 7 heteroatoms. The summed E-state index contributed by atoms with van der Waals surface area (Å²) < 4.78 is 0. The van der Waals surface area contributed by atoms with Gasteiger partial charge in [0.2, 0.25) is 5.91 Å². The van der Waals surface area contributed by atoms with Crippen LogP contribution in [0.25, 0.3) is 11.3 Å². The van der Waals surface area contributed by atoms with Crippen LogP contribution in [-0.2, 0) is 11.3 Å². The maximum absolute atomic E-state index is 12.0. The molecule has 1 saturated heterocycles. The Kier molecular flexibility index (Phi) is 5.10. The second kappa shape index (κ2) is 7.63. The number of rotatable bonds is 4.